The largest absolute Gasteiger partial charge is 0.490 e. The number of nitrogens with one attached hydrogen (secondary N) is 1. The minimum absolute atomic E-state index is 0.249. The maximum atomic E-state index is 6.02. The molecule has 0 spiro atoms. The number of piperidine rings is 1. The molecule has 2 saturated heterocycles. The number of nitrogens with zero attached hydrogens (tertiary/aromatic N) is 1. The molecule has 3 rings (SSSR count). The van der Waals surface area contributed by atoms with E-state index < -0.39 is 0 Å². The molecule has 1 N–H and O–H groups in total. The summed E-state index contributed by atoms with van der Waals surface area (Å²) in [4.78, 5) is 2.46. The molecule has 0 bridgehead atoms. The van der Waals surface area contributed by atoms with Crippen LogP contribution in [0, 0.1) is 0 Å². The van der Waals surface area contributed by atoms with E-state index in [9.17, 15) is 0 Å². The second kappa shape index (κ2) is 7.84. The first kappa shape index (κ1) is 16.3. The van der Waals surface area contributed by atoms with Crippen molar-refractivity contribution < 1.29 is 9.47 Å². The first-order chi connectivity index (χ1) is 10.7. The van der Waals surface area contributed by atoms with Crippen LogP contribution in [0.3, 0.4) is 0 Å². The number of hydrogen-bond donors (Lipinski definition) is 1. The van der Waals surface area contributed by atoms with Crippen LogP contribution in [0.15, 0.2) is 18.2 Å². The molecule has 1 aromatic carbocycles. The Morgan fingerprint density at radius 2 is 2.05 bits per heavy atom. The minimum Gasteiger partial charge on any atom is -0.490 e. The second-order valence-electron chi connectivity index (χ2n) is 5.89. The lowest BCUT2D eigenvalue weighted by molar-refractivity contribution is -0.00562. The summed E-state index contributed by atoms with van der Waals surface area (Å²) in [6.07, 6.45) is 2.63. The van der Waals surface area contributed by atoms with Crippen molar-refractivity contribution in [2.75, 3.05) is 39.3 Å². The highest BCUT2D eigenvalue weighted by Gasteiger charge is 2.24. The van der Waals surface area contributed by atoms with E-state index in [2.05, 4.69) is 10.2 Å². The van der Waals surface area contributed by atoms with Gasteiger partial charge in [-0.05, 0) is 25.0 Å². The Hall–Kier alpha value is -0.520. The van der Waals surface area contributed by atoms with Crippen molar-refractivity contribution in [3.63, 3.8) is 0 Å². The van der Waals surface area contributed by atoms with Crippen LogP contribution >= 0.6 is 23.2 Å². The van der Waals surface area contributed by atoms with Gasteiger partial charge < -0.3 is 19.7 Å². The lowest BCUT2D eigenvalue weighted by Gasteiger charge is -2.35. The first-order valence-corrected chi connectivity index (χ1v) is 8.62. The molecular weight excluding hydrogens is 323 g/mol. The van der Waals surface area contributed by atoms with Gasteiger partial charge in [0.05, 0.1) is 22.8 Å². The highest BCUT2D eigenvalue weighted by molar-refractivity contribution is 6.42. The fourth-order valence-electron chi connectivity index (χ4n) is 2.98. The number of benzene rings is 1. The van der Waals surface area contributed by atoms with E-state index in [1.807, 2.05) is 6.07 Å². The van der Waals surface area contributed by atoms with Gasteiger partial charge in [-0.2, -0.15) is 0 Å². The highest BCUT2D eigenvalue weighted by Crippen LogP contribution is 2.28. The summed E-state index contributed by atoms with van der Waals surface area (Å²) in [5, 5.41) is 4.48. The molecule has 0 saturated carbocycles. The lowest BCUT2D eigenvalue weighted by atomic mass is 10.1. The molecule has 2 aliphatic heterocycles. The Morgan fingerprint density at radius 3 is 2.73 bits per heavy atom. The third-order valence-corrected chi connectivity index (χ3v) is 4.93. The molecule has 22 heavy (non-hydrogen) atoms. The summed E-state index contributed by atoms with van der Waals surface area (Å²) in [5.74, 6) is 0.799. The molecule has 1 aromatic rings. The topological polar surface area (TPSA) is 33.7 Å². The normalized spacial score (nSPS) is 24.4. The molecule has 0 aliphatic carbocycles. The van der Waals surface area contributed by atoms with Gasteiger partial charge >= 0.3 is 0 Å². The fraction of sp³-hybridized carbons (Fsp3) is 0.625. The van der Waals surface area contributed by atoms with Crippen molar-refractivity contribution in [2.24, 2.45) is 0 Å². The average Bonchev–Trinajstić information content (AvgIpc) is 2.54. The Bertz CT molecular complexity index is 487. The van der Waals surface area contributed by atoms with E-state index in [0.717, 1.165) is 57.9 Å². The van der Waals surface area contributed by atoms with Crippen LogP contribution in [0.4, 0.5) is 0 Å². The molecule has 2 fully saturated rings. The highest BCUT2D eigenvalue weighted by atomic mass is 35.5. The average molecular weight is 345 g/mol. The van der Waals surface area contributed by atoms with Crippen molar-refractivity contribution in [3.05, 3.63) is 28.2 Å². The number of morpholine rings is 1. The third-order valence-electron chi connectivity index (χ3n) is 4.19. The van der Waals surface area contributed by atoms with Crippen molar-refractivity contribution >= 4 is 23.2 Å². The molecule has 0 amide bonds. The summed E-state index contributed by atoms with van der Waals surface area (Å²) in [6.45, 7) is 5.85. The third kappa shape index (κ3) is 4.49. The zero-order chi connectivity index (χ0) is 15.4. The SMILES string of the molecule is Clc1ccc(OC2CCN(CC3CNCCO3)CC2)cc1Cl. The van der Waals surface area contributed by atoms with Gasteiger partial charge in [-0.15, -0.1) is 0 Å². The van der Waals surface area contributed by atoms with Gasteiger partial charge in [0.2, 0.25) is 0 Å². The van der Waals surface area contributed by atoms with E-state index >= 15 is 0 Å². The van der Waals surface area contributed by atoms with E-state index in [1.165, 1.54) is 0 Å². The first-order valence-electron chi connectivity index (χ1n) is 7.87. The van der Waals surface area contributed by atoms with Crippen LogP contribution in [0.1, 0.15) is 12.8 Å². The quantitative estimate of drug-likeness (QED) is 0.910. The summed E-state index contributed by atoms with van der Waals surface area (Å²) < 4.78 is 11.8. The molecule has 1 unspecified atom stereocenters. The van der Waals surface area contributed by atoms with Gasteiger partial charge in [0.15, 0.2) is 0 Å². The van der Waals surface area contributed by atoms with Crippen molar-refractivity contribution in [1.82, 2.24) is 10.2 Å². The molecule has 6 heteroatoms. The molecule has 0 radical (unpaired) electrons. The van der Waals surface area contributed by atoms with Crippen LogP contribution in [-0.2, 0) is 4.74 Å². The smallest absolute Gasteiger partial charge is 0.121 e. The van der Waals surface area contributed by atoms with E-state index in [0.29, 0.717) is 16.1 Å². The molecule has 2 aliphatic rings. The Morgan fingerprint density at radius 1 is 1.23 bits per heavy atom. The zero-order valence-corrected chi connectivity index (χ0v) is 14.1. The van der Waals surface area contributed by atoms with Gasteiger partial charge in [-0.1, -0.05) is 23.2 Å². The Kier molecular flexibility index (Phi) is 5.83. The van der Waals surface area contributed by atoms with Crippen molar-refractivity contribution in [3.8, 4) is 5.75 Å². The summed E-state index contributed by atoms with van der Waals surface area (Å²) in [5.41, 5.74) is 0. The Labute approximate surface area is 141 Å². The monoisotopic (exact) mass is 344 g/mol. The molecule has 1 atom stereocenters. The van der Waals surface area contributed by atoms with Crippen LogP contribution < -0.4 is 10.1 Å². The van der Waals surface area contributed by atoms with E-state index in [4.69, 9.17) is 32.7 Å². The minimum atomic E-state index is 0.249. The van der Waals surface area contributed by atoms with Crippen LogP contribution in [0.25, 0.3) is 0 Å². The molecule has 2 heterocycles. The van der Waals surface area contributed by atoms with E-state index in [-0.39, 0.29) is 6.10 Å². The van der Waals surface area contributed by atoms with E-state index in [1.54, 1.807) is 12.1 Å². The maximum absolute atomic E-state index is 6.02. The van der Waals surface area contributed by atoms with Gasteiger partial charge in [0.1, 0.15) is 11.9 Å². The van der Waals surface area contributed by atoms with Crippen molar-refractivity contribution in [2.45, 2.75) is 25.0 Å². The molecule has 122 valence electrons. The van der Waals surface area contributed by atoms with Crippen LogP contribution in [-0.4, -0.2) is 56.4 Å². The van der Waals surface area contributed by atoms with Crippen molar-refractivity contribution in [1.29, 1.82) is 0 Å². The second-order valence-corrected chi connectivity index (χ2v) is 6.71. The Balaban J connectivity index is 1.44. The number of halogens is 2. The summed E-state index contributed by atoms with van der Waals surface area (Å²) >= 11 is 11.9. The molecular formula is C16H22Cl2N2O2. The van der Waals surface area contributed by atoms with Gasteiger partial charge in [0, 0.05) is 38.8 Å². The summed E-state index contributed by atoms with van der Waals surface area (Å²) in [6, 6.07) is 5.45. The predicted octanol–water partition coefficient (Wildman–Crippen LogP) is 2.83. The lowest BCUT2D eigenvalue weighted by Crippen LogP contribution is -2.48. The van der Waals surface area contributed by atoms with Gasteiger partial charge in [0.25, 0.3) is 0 Å². The van der Waals surface area contributed by atoms with Gasteiger partial charge in [-0.3, -0.25) is 0 Å². The molecule has 4 nitrogen and oxygen atoms in total. The number of rotatable bonds is 4. The molecule has 0 aromatic heterocycles. The summed E-state index contributed by atoms with van der Waals surface area (Å²) in [7, 11) is 0. The van der Waals surface area contributed by atoms with Crippen LogP contribution in [0.2, 0.25) is 10.0 Å². The number of likely N-dealkylation sites (tertiary alicyclic amines) is 1. The predicted molar refractivity (Wildman–Crippen MR) is 89.2 cm³/mol. The zero-order valence-electron chi connectivity index (χ0n) is 12.6. The van der Waals surface area contributed by atoms with Gasteiger partial charge in [-0.25, -0.2) is 0 Å². The number of ether oxygens (including phenoxy) is 2. The van der Waals surface area contributed by atoms with Crippen LogP contribution in [0.5, 0.6) is 5.75 Å². The standard InChI is InChI=1S/C16H22Cl2N2O2/c17-15-2-1-13(9-16(15)18)22-12-3-6-20(7-4-12)11-14-10-19-5-8-21-14/h1-2,9,12,14,19H,3-8,10-11H2. The number of hydrogen-bond acceptors (Lipinski definition) is 4. The maximum Gasteiger partial charge on any atom is 0.121 e. The fourth-order valence-corrected chi connectivity index (χ4v) is 3.27.